The third-order valence-corrected chi connectivity index (χ3v) is 6.51. The number of amides is 1. The van der Waals surface area contributed by atoms with Crippen molar-refractivity contribution in [2.24, 2.45) is 5.73 Å². The second-order valence-corrected chi connectivity index (χ2v) is 9.18. The summed E-state index contributed by atoms with van der Waals surface area (Å²) in [7, 11) is 0. The van der Waals surface area contributed by atoms with Gasteiger partial charge in [-0.05, 0) is 58.5 Å². The van der Waals surface area contributed by atoms with Crippen LogP contribution in [0.3, 0.4) is 0 Å². The van der Waals surface area contributed by atoms with Crippen LogP contribution in [0.1, 0.15) is 15.9 Å². The Bertz CT molecular complexity index is 1600. The maximum atomic E-state index is 13.4. The maximum absolute atomic E-state index is 13.4. The number of hydrogen-bond acceptors (Lipinski definition) is 3. The van der Waals surface area contributed by atoms with Crippen LogP contribution in [0.2, 0.25) is 0 Å². The predicted octanol–water partition coefficient (Wildman–Crippen LogP) is 6.70. The Kier molecular flexibility index (Phi) is 7.38. The zero-order valence-electron chi connectivity index (χ0n) is 20.8. The Morgan fingerprint density at radius 1 is 0.846 bits per heavy atom. The molecule has 1 atom stereocenters. The highest BCUT2D eigenvalue weighted by molar-refractivity contribution is 5.98. The van der Waals surface area contributed by atoms with E-state index >= 15 is 0 Å². The number of benzene rings is 4. The van der Waals surface area contributed by atoms with E-state index in [0.717, 1.165) is 33.2 Å². The van der Waals surface area contributed by atoms with Gasteiger partial charge in [-0.1, -0.05) is 72.8 Å². The van der Waals surface area contributed by atoms with E-state index in [9.17, 15) is 18.0 Å². The number of carbonyl (C=O) groups excluding carboxylic acids is 1. The molecule has 1 aromatic heterocycles. The van der Waals surface area contributed by atoms with E-state index in [1.807, 2.05) is 85.1 Å². The maximum Gasteiger partial charge on any atom is 0.573 e. The molecule has 39 heavy (non-hydrogen) atoms. The summed E-state index contributed by atoms with van der Waals surface area (Å²) in [6, 6.07) is 28.6. The lowest BCUT2D eigenvalue weighted by atomic mass is 9.97. The lowest BCUT2D eigenvalue weighted by Crippen LogP contribution is -2.42. The average Bonchev–Trinajstić information content (AvgIpc) is 3.35. The topological polar surface area (TPSA) is 80.1 Å². The molecule has 5 nitrogen and oxygen atoms in total. The number of hydrogen-bond donors (Lipinski definition) is 3. The summed E-state index contributed by atoms with van der Waals surface area (Å²) >= 11 is 0. The smallest absolute Gasteiger partial charge is 0.405 e. The Labute approximate surface area is 223 Å². The van der Waals surface area contributed by atoms with Gasteiger partial charge in [0.1, 0.15) is 5.75 Å². The van der Waals surface area contributed by atoms with Gasteiger partial charge in [0, 0.05) is 29.7 Å². The molecular formula is C31H26F3N3O2. The highest BCUT2D eigenvalue weighted by Crippen LogP contribution is 2.32. The van der Waals surface area contributed by atoms with Crippen molar-refractivity contribution in [3.8, 4) is 28.0 Å². The van der Waals surface area contributed by atoms with E-state index in [1.165, 1.54) is 18.2 Å². The number of aromatic amines is 1. The summed E-state index contributed by atoms with van der Waals surface area (Å²) in [6.07, 6.45) is -2.71. The Balaban J connectivity index is 1.45. The van der Waals surface area contributed by atoms with Crippen molar-refractivity contribution in [2.45, 2.75) is 18.8 Å². The third kappa shape index (κ3) is 6.13. The first kappa shape index (κ1) is 26.1. The molecule has 8 heteroatoms. The number of ether oxygens (including phenoxy) is 1. The molecule has 0 aliphatic carbocycles. The molecule has 0 aliphatic rings. The first-order chi connectivity index (χ1) is 18.8. The molecule has 0 aliphatic heterocycles. The largest absolute Gasteiger partial charge is 0.573 e. The van der Waals surface area contributed by atoms with Gasteiger partial charge in [0.2, 0.25) is 0 Å². The quantitative estimate of drug-likeness (QED) is 0.209. The summed E-state index contributed by atoms with van der Waals surface area (Å²) in [6.45, 7) is 0.0967. The molecule has 1 heterocycles. The van der Waals surface area contributed by atoms with Crippen molar-refractivity contribution >= 4 is 16.8 Å². The first-order valence-corrected chi connectivity index (χ1v) is 12.4. The van der Waals surface area contributed by atoms with Gasteiger partial charge in [0.05, 0.1) is 5.56 Å². The van der Waals surface area contributed by atoms with Gasteiger partial charge >= 0.3 is 6.36 Å². The van der Waals surface area contributed by atoms with Crippen LogP contribution >= 0.6 is 0 Å². The predicted molar refractivity (Wildman–Crippen MR) is 146 cm³/mol. The molecule has 0 radical (unpaired) electrons. The van der Waals surface area contributed by atoms with Gasteiger partial charge in [-0.2, -0.15) is 0 Å². The molecule has 0 spiro atoms. The van der Waals surface area contributed by atoms with Crippen LogP contribution in [0, 0.1) is 0 Å². The lowest BCUT2D eigenvalue weighted by Gasteiger charge is -2.19. The number of fused-ring (bicyclic) bond motifs is 1. The Morgan fingerprint density at radius 3 is 2.26 bits per heavy atom. The fraction of sp³-hybridized carbons (Fsp3) is 0.129. The van der Waals surface area contributed by atoms with Crippen LogP contribution in [-0.4, -0.2) is 29.8 Å². The number of carbonyl (C=O) groups is 1. The van der Waals surface area contributed by atoms with Crippen molar-refractivity contribution < 1.29 is 22.7 Å². The lowest BCUT2D eigenvalue weighted by molar-refractivity contribution is -0.274. The molecule has 5 aromatic rings. The second-order valence-electron chi connectivity index (χ2n) is 9.18. The number of alkyl halides is 3. The number of halogens is 3. The number of aromatic nitrogens is 1. The van der Waals surface area contributed by atoms with Crippen LogP contribution in [0.15, 0.2) is 103 Å². The second kappa shape index (κ2) is 11.0. The van der Waals surface area contributed by atoms with Gasteiger partial charge in [0.15, 0.2) is 0 Å². The molecule has 0 saturated heterocycles. The van der Waals surface area contributed by atoms with Crippen molar-refractivity contribution in [1.82, 2.24) is 10.3 Å². The van der Waals surface area contributed by atoms with Crippen LogP contribution < -0.4 is 15.8 Å². The standard InChI is InChI=1S/C31H26F3N3O2/c32-31(33,34)39-29-14-13-23(22-10-6-9-21(15-22)20-7-2-1-3-8-20)17-27(29)30(38)37-25(18-35)16-24-19-36-28-12-5-4-11-26(24)28/h1-15,17,19,25,36H,16,18,35H2,(H,37,38). The first-order valence-electron chi connectivity index (χ1n) is 12.4. The zero-order chi connectivity index (χ0) is 27.4. The molecule has 0 saturated carbocycles. The van der Waals surface area contributed by atoms with Gasteiger partial charge < -0.3 is 20.8 Å². The Morgan fingerprint density at radius 2 is 1.51 bits per heavy atom. The van der Waals surface area contributed by atoms with Crippen LogP contribution in [-0.2, 0) is 6.42 Å². The van der Waals surface area contributed by atoms with E-state index in [0.29, 0.717) is 12.0 Å². The molecule has 0 bridgehead atoms. The van der Waals surface area contributed by atoms with Crippen LogP contribution in [0.25, 0.3) is 33.2 Å². The van der Waals surface area contributed by atoms with E-state index < -0.39 is 24.1 Å². The monoisotopic (exact) mass is 529 g/mol. The normalized spacial score (nSPS) is 12.3. The minimum Gasteiger partial charge on any atom is -0.405 e. The summed E-state index contributed by atoms with van der Waals surface area (Å²) < 4.78 is 43.8. The number of nitrogens with one attached hydrogen (secondary N) is 2. The van der Waals surface area contributed by atoms with Gasteiger partial charge in [-0.25, -0.2) is 0 Å². The molecule has 4 N–H and O–H groups in total. The Hall–Kier alpha value is -4.56. The van der Waals surface area contributed by atoms with Crippen molar-refractivity contribution in [2.75, 3.05) is 6.54 Å². The number of nitrogens with two attached hydrogens (primary N) is 1. The van der Waals surface area contributed by atoms with Gasteiger partial charge in [0.25, 0.3) is 5.91 Å². The number of para-hydroxylation sites is 1. The van der Waals surface area contributed by atoms with E-state index in [4.69, 9.17) is 5.73 Å². The van der Waals surface area contributed by atoms with Crippen molar-refractivity contribution in [3.63, 3.8) is 0 Å². The third-order valence-electron chi connectivity index (χ3n) is 6.51. The summed E-state index contributed by atoms with van der Waals surface area (Å²) in [5.41, 5.74) is 10.9. The SMILES string of the molecule is NCC(Cc1c[nH]c2ccccc12)NC(=O)c1cc(-c2cccc(-c3ccccc3)c2)ccc1OC(F)(F)F. The molecule has 0 fully saturated rings. The summed E-state index contributed by atoms with van der Waals surface area (Å²) in [5, 5.41) is 3.80. The number of H-pyrrole nitrogens is 1. The number of rotatable bonds is 8. The van der Waals surface area contributed by atoms with Crippen LogP contribution in [0.5, 0.6) is 5.75 Å². The molecule has 198 valence electrons. The minimum atomic E-state index is -4.96. The van der Waals surface area contributed by atoms with Gasteiger partial charge in [-0.15, -0.1) is 13.2 Å². The van der Waals surface area contributed by atoms with E-state index in [2.05, 4.69) is 15.0 Å². The molecular weight excluding hydrogens is 503 g/mol. The molecule has 1 unspecified atom stereocenters. The highest BCUT2D eigenvalue weighted by atomic mass is 19.4. The summed E-state index contributed by atoms with van der Waals surface area (Å²) in [5.74, 6) is -1.28. The van der Waals surface area contributed by atoms with E-state index in [-0.39, 0.29) is 12.1 Å². The minimum absolute atomic E-state index is 0.0967. The molecule has 4 aromatic carbocycles. The van der Waals surface area contributed by atoms with Gasteiger partial charge in [-0.3, -0.25) is 4.79 Å². The van der Waals surface area contributed by atoms with Crippen molar-refractivity contribution in [3.05, 3.63) is 114 Å². The fourth-order valence-electron chi connectivity index (χ4n) is 4.63. The molecule has 5 rings (SSSR count). The zero-order valence-corrected chi connectivity index (χ0v) is 20.8. The van der Waals surface area contributed by atoms with Crippen molar-refractivity contribution in [1.29, 1.82) is 0 Å². The summed E-state index contributed by atoms with van der Waals surface area (Å²) in [4.78, 5) is 16.5. The fourth-order valence-corrected chi connectivity index (χ4v) is 4.63. The van der Waals surface area contributed by atoms with E-state index in [1.54, 1.807) is 0 Å². The molecule has 1 amide bonds. The van der Waals surface area contributed by atoms with Crippen LogP contribution in [0.4, 0.5) is 13.2 Å². The average molecular weight is 530 g/mol. The highest BCUT2D eigenvalue weighted by Gasteiger charge is 2.33.